The Labute approximate surface area is 462 Å². The zero-order valence-electron chi connectivity index (χ0n) is 46.0. The summed E-state index contributed by atoms with van der Waals surface area (Å²) in [6.07, 6.45) is -4.25. The van der Waals surface area contributed by atoms with Gasteiger partial charge in [0.25, 0.3) is 0 Å². The zero-order chi connectivity index (χ0) is 60.5. The molecule has 10 N–H and O–H groups in total. The lowest BCUT2D eigenvalue weighted by Gasteiger charge is -2.35. The number of carbonyl (C=O) groups is 11. The van der Waals surface area contributed by atoms with E-state index in [1.165, 1.54) is 6.92 Å². The van der Waals surface area contributed by atoms with Crippen LogP contribution in [0, 0.1) is 0 Å². The number of aliphatic carboxylic acids is 6. The van der Waals surface area contributed by atoms with Crippen LogP contribution >= 0.6 is 0 Å². The number of nitrogens with one attached hydrogen (secondary N) is 4. The summed E-state index contributed by atoms with van der Waals surface area (Å²) in [6.45, 7) is -0.300. The van der Waals surface area contributed by atoms with E-state index in [4.69, 9.17) is 78.0 Å². The van der Waals surface area contributed by atoms with Gasteiger partial charge in [-0.25, -0.2) is 4.79 Å². The number of hydrogen-bond acceptors (Lipinski definition) is 21. The second kappa shape index (κ2) is 41.8. The molecule has 0 heterocycles. The number of amides is 4. The highest BCUT2D eigenvalue weighted by atomic mass is 16.6. The van der Waals surface area contributed by atoms with Crippen molar-refractivity contribution in [2.75, 3.05) is 125 Å². The van der Waals surface area contributed by atoms with Crippen LogP contribution in [0.4, 0.5) is 4.79 Å². The first kappa shape index (κ1) is 73.8. The normalized spacial score (nSPS) is 11.8. The molecule has 80 heavy (non-hydrogen) atoms. The first-order valence-electron chi connectivity index (χ1n) is 25.5. The van der Waals surface area contributed by atoms with Crippen molar-refractivity contribution in [3.63, 3.8) is 0 Å². The third-order valence-electron chi connectivity index (χ3n) is 10.2. The van der Waals surface area contributed by atoms with Gasteiger partial charge in [-0.1, -0.05) is 0 Å². The summed E-state index contributed by atoms with van der Waals surface area (Å²) in [5.74, 6) is -9.45. The molecule has 31 nitrogen and oxygen atoms in total. The minimum atomic E-state index is -1.63. The Balaban J connectivity index is 6.77. The van der Waals surface area contributed by atoms with Crippen LogP contribution in [0.5, 0.6) is 0 Å². The quantitative estimate of drug-likeness (QED) is 0.0347. The summed E-state index contributed by atoms with van der Waals surface area (Å²) >= 11 is 0. The Morgan fingerprint density at radius 2 is 0.562 bits per heavy atom. The molecule has 0 fully saturated rings. The highest BCUT2D eigenvalue weighted by Crippen LogP contribution is 2.16. The van der Waals surface area contributed by atoms with E-state index in [1.807, 2.05) is 0 Å². The van der Waals surface area contributed by atoms with Crippen molar-refractivity contribution in [2.24, 2.45) is 0 Å². The molecule has 0 aromatic heterocycles. The van der Waals surface area contributed by atoms with Crippen LogP contribution in [0.3, 0.4) is 0 Å². The average Bonchev–Trinajstić information content (AvgIpc) is 3.34. The number of ketones is 1. The number of ether oxygens (including phenoxy) is 10. The fourth-order valence-electron chi connectivity index (χ4n) is 6.44. The molecule has 0 rings (SSSR count). The molecule has 0 saturated carbocycles. The zero-order valence-corrected chi connectivity index (χ0v) is 46.0. The van der Waals surface area contributed by atoms with Crippen LogP contribution in [0.2, 0.25) is 0 Å². The van der Waals surface area contributed by atoms with Crippen LogP contribution < -0.4 is 21.3 Å². The molecular formula is C49H82N4O27. The monoisotopic (exact) mass is 1160 g/mol. The number of rotatable bonds is 52. The standard InChI is InChI=1S/C49H82N4O27/c1-35(54)7-17-71-26-47(51-36(55)6-5-16-50-45(70)80-46(2,3)4,27-72-18-8-37(56)52-48(29-74-20-10-39(58)59,30-75-21-11-40(60)61)31-76-22-12-41(62)63)28-73-19-9-38(57)53-49(32-77-23-13-42(64)65,33-78-24-14-43(66)67)34-79-25-15-44(68)69/h5-34H2,1-4H3,(H,50,70)(H,51,55)(H,52,56)(H,53,57)(H,58,59)(H,60,61)(H,62,63)(H,64,65)(H,66,67)(H,68,69). The predicted molar refractivity (Wildman–Crippen MR) is 272 cm³/mol. The lowest BCUT2D eigenvalue weighted by molar-refractivity contribution is -0.142. The van der Waals surface area contributed by atoms with Gasteiger partial charge in [0.15, 0.2) is 0 Å². The number of alkyl carbamates (subject to hydrolysis) is 1. The number of carboxylic acid groups (broad SMARTS) is 6. The first-order chi connectivity index (χ1) is 37.6. The molecule has 0 unspecified atom stereocenters. The number of carboxylic acids is 6. The van der Waals surface area contributed by atoms with E-state index < -0.39 is 186 Å². The fraction of sp³-hybridized carbons (Fsp3) is 0.776. The lowest BCUT2D eigenvalue weighted by Crippen LogP contribution is -2.59. The SMILES string of the molecule is CC(=O)CCOCC(COCCC(=O)NC(COCCC(=O)O)(COCCC(=O)O)COCCC(=O)O)(COCCC(=O)NC(COCCC(=O)O)(COCCC(=O)O)COCCC(=O)O)NC(=O)CCCNC(=O)OC(C)(C)C. The molecule has 0 aliphatic heterocycles. The maximum Gasteiger partial charge on any atom is 0.407 e. The highest BCUT2D eigenvalue weighted by Gasteiger charge is 2.37. The molecule has 0 bridgehead atoms. The Morgan fingerprint density at radius 3 is 0.787 bits per heavy atom. The highest BCUT2D eigenvalue weighted by molar-refractivity contribution is 5.78. The second-order valence-electron chi connectivity index (χ2n) is 19.3. The van der Waals surface area contributed by atoms with Crippen molar-refractivity contribution < 1.29 is 131 Å². The summed E-state index contributed by atoms with van der Waals surface area (Å²) in [6, 6.07) is 0. The smallest absolute Gasteiger partial charge is 0.407 e. The van der Waals surface area contributed by atoms with Gasteiger partial charge in [-0.2, -0.15) is 0 Å². The van der Waals surface area contributed by atoms with Gasteiger partial charge in [-0.05, 0) is 34.1 Å². The lowest BCUT2D eigenvalue weighted by atomic mass is 10.0. The van der Waals surface area contributed by atoms with Gasteiger partial charge < -0.3 is 99.3 Å². The van der Waals surface area contributed by atoms with E-state index in [2.05, 4.69) is 21.3 Å². The molecule has 0 aromatic carbocycles. The van der Waals surface area contributed by atoms with Crippen LogP contribution in [-0.4, -0.2) is 244 Å². The molecule has 0 radical (unpaired) electrons. The van der Waals surface area contributed by atoms with Crippen molar-refractivity contribution in [1.82, 2.24) is 21.3 Å². The van der Waals surface area contributed by atoms with E-state index in [1.54, 1.807) is 20.8 Å². The summed E-state index contributed by atoms with van der Waals surface area (Å²) in [7, 11) is 0. The van der Waals surface area contributed by atoms with Crippen molar-refractivity contribution in [3.8, 4) is 0 Å². The summed E-state index contributed by atoms with van der Waals surface area (Å²) < 4.78 is 56.2. The van der Waals surface area contributed by atoms with Crippen LogP contribution in [0.1, 0.15) is 98.3 Å². The van der Waals surface area contributed by atoms with Crippen molar-refractivity contribution >= 4 is 65.4 Å². The topological polar surface area (TPSA) is 450 Å². The Kier molecular flexibility index (Phi) is 38.5. The molecule has 460 valence electrons. The van der Waals surface area contributed by atoms with Gasteiger partial charge >= 0.3 is 41.9 Å². The Bertz CT molecular complexity index is 1720. The van der Waals surface area contributed by atoms with Crippen LogP contribution in [-0.2, 0) is 95.3 Å². The van der Waals surface area contributed by atoms with Crippen LogP contribution in [0.25, 0.3) is 0 Å². The minimum absolute atomic E-state index is 0.0181. The maximum atomic E-state index is 13.7. The van der Waals surface area contributed by atoms with E-state index >= 15 is 0 Å². The molecule has 0 spiro atoms. The third-order valence-corrected chi connectivity index (χ3v) is 10.2. The summed E-state index contributed by atoms with van der Waals surface area (Å²) in [4.78, 5) is 132. The molecule has 31 heteroatoms. The second-order valence-corrected chi connectivity index (χ2v) is 19.3. The third kappa shape index (κ3) is 41.8. The predicted octanol–water partition coefficient (Wildman–Crippen LogP) is -0.387. The van der Waals surface area contributed by atoms with Crippen molar-refractivity contribution in [2.45, 2.75) is 121 Å². The summed E-state index contributed by atoms with van der Waals surface area (Å²) in [5, 5.41) is 65.5. The first-order valence-corrected chi connectivity index (χ1v) is 25.5. The average molecular weight is 1160 g/mol. The van der Waals surface area contributed by atoms with Gasteiger partial charge in [0.2, 0.25) is 17.7 Å². The van der Waals surface area contributed by atoms with Crippen molar-refractivity contribution in [1.29, 1.82) is 0 Å². The molecule has 0 atom stereocenters. The van der Waals surface area contributed by atoms with Gasteiger partial charge in [-0.15, -0.1) is 0 Å². The fourth-order valence-corrected chi connectivity index (χ4v) is 6.44. The van der Waals surface area contributed by atoms with Gasteiger partial charge in [-0.3, -0.25) is 47.9 Å². The number of hydrogen-bond donors (Lipinski definition) is 10. The van der Waals surface area contributed by atoms with Gasteiger partial charge in [0.05, 0.1) is 157 Å². The van der Waals surface area contributed by atoms with Gasteiger partial charge in [0, 0.05) is 32.2 Å². The maximum absolute atomic E-state index is 13.7. The van der Waals surface area contributed by atoms with Gasteiger partial charge in [0.1, 0.15) is 28.0 Å². The number of Topliss-reactive ketones (excluding diaryl/α,β-unsaturated/α-hetero) is 1. The largest absolute Gasteiger partial charge is 0.481 e. The van der Waals surface area contributed by atoms with E-state index in [0.29, 0.717) is 0 Å². The summed E-state index contributed by atoms with van der Waals surface area (Å²) in [5.41, 5.74) is -5.64. The molecule has 0 aromatic rings. The van der Waals surface area contributed by atoms with E-state index in [-0.39, 0.29) is 97.7 Å². The van der Waals surface area contributed by atoms with E-state index in [9.17, 15) is 52.7 Å². The molecular weight excluding hydrogens is 1080 g/mol. The minimum Gasteiger partial charge on any atom is -0.481 e. The number of carbonyl (C=O) groups excluding carboxylic acids is 5. The van der Waals surface area contributed by atoms with E-state index in [0.717, 1.165) is 0 Å². The Hall–Kier alpha value is -6.19. The molecule has 0 saturated heterocycles. The molecule has 0 aliphatic carbocycles. The molecule has 0 aliphatic rings. The van der Waals surface area contributed by atoms with Crippen molar-refractivity contribution in [3.05, 3.63) is 0 Å². The molecule has 4 amide bonds. The Morgan fingerprint density at radius 1 is 0.338 bits per heavy atom. The van der Waals surface area contributed by atoms with Crippen LogP contribution in [0.15, 0.2) is 0 Å².